The smallest absolute Gasteiger partial charge is 0.305 e. The molecule has 1 aliphatic carbocycles. The average molecular weight is 273 g/mol. The first-order valence-electron chi connectivity index (χ1n) is 7.30. The van der Waals surface area contributed by atoms with Crippen molar-refractivity contribution in [3.63, 3.8) is 0 Å². The molecule has 0 aromatic heterocycles. The number of likely N-dealkylation sites (tertiary alicyclic amines) is 1. The molecule has 1 aliphatic heterocycles. The van der Waals surface area contributed by atoms with Crippen LogP contribution >= 0.6 is 0 Å². The number of fused-ring (bicyclic) bond motifs is 1. The fraction of sp³-hybridized carbons (Fsp3) is 0.500. The summed E-state index contributed by atoms with van der Waals surface area (Å²) in [5, 5.41) is 8.96. The monoisotopic (exact) mass is 273 g/mol. The van der Waals surface area contributed by atoms with Crippen molar-refractivity contribution in [2.24, 2.45) is 0 Å². The summed E-state index contributed by atoms with van der Waals surface area (Å²) < 4.78 is 0. The van der Waals surface area contributed by atoms with E-state index in [0.717, 1.165) is 37.7 Å². The number of carboxylic acids is 1. The molecule has 20 heavy (non-hydrogen) atoms. The van der Waals surface area contributed by atoms with Crippen LogP contribution < -0.4 is 0 Å². The Labute approximate surface area is 118 Å². The number of carbonyl (C=O) groups excluding carboxylic acids is 1. The molecular formula is C16H19NO3. The van der Waals surface area contributed by atoms with Gasteiger partial charge in [-0.2, -0.15) is 0 Å². The number of hydrogen-bond donors (Lipinski definition) is 1. The minimum atomic E-state index is -0.826. The lowest BCUT2D eigenvalue weighted by molar-refractivity contribution is -0.137. The normalized spacial score (nSPS) is 21.0. The lowest BCUT2D eigenvalue weighted by Crippen LogP contribution is -2.37. The Morgan fingerprint density at radius 1 is 1.25 bits per heavy atom. The molecule has 106 valence electrons. The molecule has 0 bridgehead atoms. The molecule has 2 aliphatic rings. The van der Waals surface area contributed by atoms with Crippen molar-refractivity contribution >= 4 is 11.9 Å². The molecule has 0 saturated carbocycles. The van der Waals surface area contributed by atoms with Crippen LogP contribution in [0.1, 0.15) is 47.2 Å². The molecule has 1 aromatic rings. The van der Waals surface area contributed by atoms with Crippen LogP contribution in [-0.4, -0.2) is 34.5 Å². The van der Waals surface area contributed by atoms with Crippen LogP contribution in [0.2, 0.25) is 0 Å². The molecule has 1 atom stereocenters. The second-order valence-electron chi connectivity index (χ2n) is 5.69. The van der Waals surface area contributed by atoms with E-state index >= 15 is 0 Å². The first kappa shape index (κ1) is 13.2. The Hall–Kier alpha value is -1.84. The van der Waals surface area contributed by atoms with Gasteiger partial charge >= 0.3 is 5.97 Å². The largest absolute Gasteiger partial charge is 0.481 e. The molecule has 1 heterocycles. The minimum absolute atomic E-state index is 0.0208. The highest BCUT2D eigenvalue weighted by Crippen LogP contribution is 2.29. The molecule has 1 amide bonds. The Morgan fingerprint density at radius 3 is 2.90 bits per heavy atom. The molecule has 4 nitrogen and oxygen atoms in total. The van der Waals surface area contributed by atoms with E-state index in [-0.39, 0.29) is 18.4 Å². The zero-order valence-corrected chi connectivity index (χ0v) is 11.5. The summed E-state index contributed by atoms with van der Waals surface area (Å²) in [6, 6.07) is 5.79. The number of aryl methyl sites for hydroxylation is 1. The first-order chi connectivity index (χ1) is 9.66. The van der Waals surface area contributed by atoms with E-state index in [9.17, 15) is 9.59 Å². The summed E-state index contributed by atoms with van der Waals surface area (Å²) in [5.41, 5.74) is 3.25. The maximum Gasteiger partial charge on any atom is 0.305 e. The highest BCUT2D eigenvalue weighted by molar-refractivity contribution is 5.96. The number of hydrogen-bond acceptors (Lipinski definition) is 2. The van der Waals surface area contributed by atoms with Crippen molar-refractivity contribution < 1.29 is 14.7 Å². The molecule has 0 radical (unpaired) electrons. The van der Waals surface area contributed by atoms with Crippen molar-refractivity contribution in [1.29, 1.82) is 0 Å². The van der Waals surface area contributed by atoms with Crippen molar-refractivity contribution in [3.8, 4) is 0 Å². The molecule has 1 aromatic carbocycles. The lowest BCUT2D eigenvalue weighted by atomic mass is 10.0. The van der Waals surface area contributed by atoms with Crippen LogP contribution in [-0.2, 0) is 17.6 Å². The van der Waals surface area contributed by atoms with Gasteiger partial charge < -0.3 is 10.0 Å². The van der Waals surface area contributed by atoms with Gasteiger partial charge in [-0.1, -0.05) is 12.1 Å². The standard InChI is InChI=1S/C16H19NO3/c18-15(19)10-12-6-3-9-17(12)16(20)14-8-2-5-11-4-1-7-13(11)14/h2,5,8,12H,1,3-4,6-7,9-10H2,(H,18,19)/t12-/m1/s1. The summed E-state index contributed by atoms with van der Waals surface area (Å²) in [5.74, 6) is -0.805. The molecule has 1 fully saturated rings. The number of benzene rings is 1. The maximum absolute atomic E-state index is 12.7. The van der Waals surface area contributed by atoms with Crippen LogP contribution in [0.5, 0.6) is 0 Å². The fourth-order valence-corrected chi connectivity index (χ4v) is 3.49. The number of carbonyl (C=O) groups is 2. The van der Waals surface area contributed by atoms with Gasteiger partial charge in [-0.15, -0.1) is 0 Å². The van der Waals surface area contributed by atoms with Crippen molar-refractivity contribution in [2.75, 3.05) is 6.54 Å². The Bertz CT molecular complexity index is 553. The summed E-state index contributed by atoms with van der Waals surface area (Å²) in [4.78, 5) is 25.4. The van der Waals surface area contributed by atoms with Gasteiger partial charge in [0.15, 0.2) is 0 Å². The van der Waals surface area contributed by atoms with Crippen LogP contribution in [0, 0.1) is 0 Å². The number of aliphatic carboxylic acids is 1. The van der Waals surface area contributed by atoms with Gasteiger partial charge in [0.1, 0.15) is 0 Å². The predicted molar refractivity (Wildman–Crippen MR) is 74.8 cm³/mol. The third kappa shape index (κ3) is 2.30. The quantitative estimate of drug-likeness (QED) is 0.919. The third-order valence-corrected chi connectivity index (χ3v) is 4.42. The van der Waals surface area contributed by atoms with Gasteiger partial charge in [0, 0.05) is 18.2 Å². The van der Waals surface area contributed by atoms with Gasteiger partial charge in [0.2, 0.25) is 0 Å². The molecule has 0 spiro atoms. The van der Waals surface area contributed by atoms with Crippen LogP contribution in [0.3, 0.4) is 0 Å². The highest BCUT2D eigenvalue weighted by atomic mass is 16.4. The molecule has 1 saturated heterocycles. The van der Waals surface area contributed by atoms with E-state index in [1.165, 1.54) is 11.1 Å². The third-order valence-electron chi connectivity index (χ3n) is 4.42. The van der Waals surface area contributed by atoms with E-state index in [1.54, 1.807) is 4.90 Å². The molecule has 1 N–H and O–H groups in total. The van der Waals surface area contributed by atoms with E-state index in [4.69, 9.17) is 5.11 Å². The van der Waals surface area contributed by atoms with Gasteiger partial charge in [-0.05, 0) is 49.3 Å². The van der Waals surface area contributed by atoms with E-state index < -0.39 is 5.97 Å². The SMILES string of the molecule is O=C(O)C[C@H]1CCCN1C(=O)c1cccc2c1CCC2. The summed E-state index contributed by atoms with van der Waals surface area (Å²) in [6.07, 6.45) is 4.88. The Morgan fingerprint density at radius 2 is 2.10 bits per heavy atom. The lowest BCUT2D eigenvalue weighted by Gasteiger charge is -2.24. The first-order valence-corrected chi connectivity index (χ1v) is 7.30. The Balaban J connectivity index is 1.85. The van der Waals surface area contributed by atoms with Crippen molar-refractivity contribution in [1.82, 2.24) is 4.90 Å². The zero-order valence-electron chi connectivity index (χ0n) is 11.5. The molecule has 3 rings (SSSR count). The fourth-order valence-electron chi connectivity index (χ4n) is 3.49. The predicted octanol–water partition coefficient (Wildman–Crippen LogP) is 2.25. The van der Waals surface area contributed by atoms with Gasteiger partial charge in [0.05, 0.1) is 6.42 Å². The number of rotatable bonds is 3. The summed E-state index contributed by atoms with van der Waals surface area (Å²) >= 11 is 0. The number of carboxylic acid groups (broad SMARTS) is 1. The second kappa shape index (κ2) is 5.27. The molecular weight excluding hydrogens is 254 g/mol. The van der Waals surface area contributed by atoms with E-state index in [0.29, 0.717) is 6.54 Å². The number of nitrogens with zero attached hydrogens (tertiary/aromatic N) is 1. The van der Waals surface area contributed by atoms with Gasteiger partial charge in [-0.25, -0.2) is 0 Å². The maximum atomic E-state index is 12.7. The number of amides is 1. The Kier molecular flexibility index (Phi) is 3.47. The average Bonchev–Trinajstić information content (AvgIpc) is 3.05. The van der Waals surface area contributed by atoms with Crippen LogP contribution in [0.25, 0.3) is 0 Å². The van der Waals surface area contributed by atoms with E-state index in [1.807, 2.05) is 12.1 Å². The van der Waals surface area contributed by atoms with Crippen molar-refractivity contribution in [2.45, 2.75) is 44.6 Å². The van der Waals surface area contributed by atoms with E-state index in [2.05, 4.69) is 6.07 Å². The zero-order chi connectivity index (χ0) is 14.1. The highest BCUT2D eigenvalue weighted by Gasteiger charge is 2.32. The summed E-state index contributed by atoms with van der Waals surface area (Å²) in [7, 11) is 0. The summed E-state index contributed by atoms with van der Waals surface area (Å²) in [6.45, 7) is 0.681. The van der Waals surface area contributed by atoms with Gasteiger partial charge in [-0.3, -0.25) is 9.59 Å². The minimum Gasteiger partial charge on any atom is -0.481 e. The molecule has 4 heteroatoms. The van der Waals surface area contributed by atoms with Gasteiger partial charge in [0.25, 0.3) is 5.91 Å². The topological polar surface area (TPSA) is 57.6 Å². The molecule has 0 unspecified atom stereocenters. The van der Waals surface area contributed by atoms with Crippen molar-refractivity contribution in [3.05, 3.63) is 34.9 Å². The second-order valence-corrected chi connectivity index (χ2v) is 5.69. The van der Waals surface area contributed by atoms with Crippen LogP contribution in [0.15, 0.2) is 18.2 Å². The van der Waals surface area contributed by atoms with Crippen LogP contribution in [0.4, 0.5) is 0 Å².